The Morgan fingerprint density at radius 3 is 1.21 bits per heavy atom. The van der Waals surface area contributed by atoms with Crippen molar-refractivity contribution in [3.63, 3.8) is 0 Å². The summed E-state index contributed by atoms with van der Waals surface area (Å²) in [6, 6.07) is 14.8. The zero-order chi connectivity index (χ0) is 29.1. The molecule has 9 nitrogen and oxygen atoms in total. The van der Waals surface area contributed by atoms with Crippen LogP contribution in [0.1, 0.15) is 33.8 Å². The molecule has 3 heterocycles. The van der Waals surface area contributed by atoms with E-state index in [1.165, 1.54) is 0 Å². The maximum absolute atomic E-state index is 10.1. The van der Waals surface area contributed by atoms with Crippen molar-refractivity contribution < 1.29 is 0 Å². The number of nitriles is 2. The van der Waals surface area contributed by atoms with Crippen molar-refractivity contribution in [2.45, 2.75) is 0 Å². The van der Waals surface area contributed by atoms with Crippen LogP contribution in [-0.4, -0.2) is 15.0 Å². The summed E-state index contributed by atoms with van der Waals surface area (Å²) in [6.07, 6.45) is 4.74. The van der Waals surface area contributed by atoms with Crippen LogP contribution in [0.4, 0.5) is 0 Å². The van der Waals surface area contributed by atoms with E-state index in [1.54, 1.807) is 36.8 Å². The van der Waals surface area contributed by atoms with Gasteiger partial charge in [0.25, 0.3) is 11.4 Å². The largest absolute Gasteiger partial charge is 0.529 e. The second-order valence-electron chi connectivity index (χ2n) is 9.27. The lowest BCUT2D eigenvalue weighted by Crippen LogP contribution is -1.99. The second-order valence-corrected chi connectivity index (χ2v) is 9.27. The lowest BCUT2D eigenvalue weighted by atomic mass is 9.83. The molecule has 0 bridgehead atoms. The molecule has 0 N–H and O–H groups in total. The van der Waals surface area contributed by atoms with Gasteiger partial charge in [-0.05, 0) is 51.6 Å². The van der Waals surface area contributed by atoms with Gasteiger partial charge in [0.2, 0.25) is 0 Å². The molecule has 0 aliphatic heterocycles. The molecule has 0 unspecified atom stereocenters. The van der Waals surface area contributed by atoms with Gasteiger partial charge < -0.3 is 0 Å². The van der Waals surface area contributed by atoms with Gasteiger partial charge in [0.15, 0.2) is 0 Å². The van der Waals surface area contributed by atoms with Crippen molar-refractivity contribution >= 4 is 16.7 Å². The Morgan fingerprint density at radius 1 is 0.524 bits per heavy atom. The summed E-state index contributed by atoms with van der Waals surface area (Å²) in [4.78, 5) is 28.0. The van der Waals surface area contributed by atoms with Crippen LogP contribution < -0.4 is 0 Å². The van der Waals surface area contributed by atoms with Crippen LogP contribution in [0.2, 0.25) is 0 Å². The van der Waals surface area contributed by atoms with Crippen LogP contribution in [0.5, 0.6) is 0 Å². The number of aromatic nitrogens is 3. The van der Waals surface area contributed by atoms with E-state index >= 15 is 0 Å². The fraction of sp³-hybridized carbons (Fsp3) is 0. The van der Waals surface area contributed by atoms with Crippen LogP contribution in [0, 0.1) is 49.0 Å². The first kappa shape index (κ1) is 23.9. The molecule has 186 valence electrons. The van der Waals surface area contributed by atoms with E-state index in [9.17, 15) is 10.5 Å². The van der Waals surface area contributed by atoms with E-state index in [1.807, 2.05) is 30.3 Å². The highest BCUT2D eigenvalue weighted by molar-refractivity contribution is 6.23. The van der Waals surface area contributed by atoms with Crippen LogP contribution in [-0.2, 0) is 0 Å². The zero-order valence-electron chi connectivity index (χ0n) is 21.2. The molecule has 0 saturated carbocycles. The minimum Gasteiger partial charge on any atom is -0.257 e. The van der Waals surface area contributed by atoms with Gasteiger partial charge >= 0.3 is 5.82 Å². The normalized spacial score (nSPS) is 14.6. The summed E-state index contributed by atoms with van der Waals surface area (Å²) in [7, 11) is 0. The molecule has 0 atom stereocenters. The number of benzene rings is 1. The first-order chi connectivity index (χ1) is 20.6. The highest BCUT2D eigenvalue weighted by Gasteiger charge is 2.46. The van der Waals surface area contributed by atoms with Crippen molar-refractivity contribution in [3.8, 4) is 45.5 Å². The number of hydrogen-bond donors (Lipinski definition) is 0. The molecular formula is C33H9N9. The molecule has 0 radical (unpaired) electrons. The molecule has 0 amide bonds. The highest BCUT2D eigenvalue weighted by Crippen LogP contribution is 2.64. The van der Waals surface area contributed by atoms with Gasteiger partial charge in [-0.3, -0.25) is 15.0 Å². The van der Waals surface area contributed by atoms with Crippen molar-refractivity contribution in [3.05, 3.63) is 152 Å². The summed E-state index contributed by atoms with van der Waals surface area (Å²) >= 11 is 0. The topological polar surface area (TPSA) is 104 Å². The van der Waals surface area contributed by atoms with Crippen molar-refractivity contribution in [2.24, 2.45) is 0 Å². The van der Waals surface area contributed by atoms with Gasteiger partial charge in [-0.2, -0.15) is 9.69 Å². The monoisotopic (exact) mass is 531 g/mol. The average molecular weight is 531 g/mol. The molecule has 0 fully saturated rings. The summed E-state index contributed by atoms with van der Waals surface area (Å²) in [6.45, 7) is 31.4. The molecule has 1 aromatic carbocycles. The number of allylic oxidation sites excluding steroid dienone is 2. The zero-order valence-corrected chi connectivity index (χ0v) is 21.2. The number of hydrogen-bond acceptors (Lipinski definition) is 5. The molecule has 0 spiro atoms. The Labute approximate surface area is 239 Å². The van der Waals surface area contributed by atoms with Crippen molar-refractivity contribution in [1.29, 1.82) is 10.5 Å². The minimum atomic E-state index is -0.200. The summed E-state index contributed by atoms with van der Waals surface area (Å²) in [5, 5.41) is 20.2. The second kappa shape index (κ2) is 8.68. The van der Waals surface area contributed by atoms with Gasteiger partial charge in [-0.15, -0.1) is 0 Å². The number of pyridine rings is 3. The van der Waals surface area contributed by atoms with E-state index in [0.717, 1.165) is 0 Å². The first-order valence-corrected chi connectivity index (χ1v) is 12.3. The van der Waals surface area contributed by atoms with E-state index in [2.05, 4.69) is 34.3 Å². The lowest BCUT2D eigenvalue weighted by Gasteiger charge is -2.18. The van der Waals surface area contributed by atoms with Gasteiger partial charge in [-0.1, -0.05) is 18.2 Å². The number of rotatable bonds is 0. The van der Waals surface area contributed by atoms with Crippen LogP contribution in [0.3, 0.4) is 0 Å². The van der Waals surface area contributed by atoms with Crippen LogP contribution >= 0.6 is 0 Å². The molecule has 3 aromatic heterocycles. The third-order valence-corrected chi connectivity index (χ3v) is 7.54. The number of nitrogens with zero attached hydrogens (tertiary/aromatic N) is 9. The number of fused-ring (bicyclic) bond motifs is 12. The van der Waals surface area contributed by atoms with E-state index < -0.39 is 0 Å². The fourth-order valence-electron chi connectivity index (χ4n) is 6.17. The molecule has 4 aromatic rings. The average Bonchev–Trinajstić information content (AvgIpc) is 3.66. The Hall–Kier alpha value is -7.17. The fourth-order valence-corrected chi connectivity index (χ4v) is 6.17. The molecular weight excluding hydrogens is 522 g/mol. The molecule has 3 aliphatic rings. The Balaban J connectivity index is 1.88. The van der Waals surface area contributed by atoms with Gasteiger partial charge in [0.1, 0.15) is 18.7 Å². The van der Waals surface area contributed by atoms with Gasteiger partial charge in [-0.25, -0.2) is 20.2 Å². The van der Waals surface area contributed by atoms with Crippen molar-refractivity contribution in [1.82, 2.24) is 15.0 Å². The van der Waals surface area contributed by atoms with E-state index in [-0.39, 0.29) is 17.2 Å². The third kappa shape index (κ3) is 2.76. The highest BCUT2D eigenvalue weighted by atomic mass is 14.9. The summed E-state index contributed by atoms with van der Waals surface area (Å²) in [5.41, 5.74) is 7.06. The van der Waals surface area contributed by atoms with Gasteiger partial charge in [0, 0.05) is 46.4 Å². The van der Waals surface area contributed by atoms with Gasteiger partial charge in [0.05, 0.1) is 42.4 Å². The summed E-state index contributed by atoms with van der Waals surface area (Å²) in [5.74, 6) is -0.200. The first-order valence-electron chi connectivity index (χ1n) is 12.3. The molecule has 7 rings (SSSR count). The molecule has 42 heavy (non-hydrogen) atoms. The standard InChI is InChI=1S/C33H9N9/c1-36-19(14-34)24-26-21-16-8-5-11-40-30(16)25(20(15-35)37-2)27(21)23-18-10-7-13-42-32(18)29(33(38-3)39-4)28(23)22(26)17-9-6-12-41-31(17)24/h5-13H/b24-19-,25-20+. The maximum Gasteiger partial charge on any atom is 0.529 e. The summed E-state index contributed by atoms with van der Waals surface area (Å²) < 4.78 is 0. The minimum absolute atomic E-state index is 0.181. The lowest BCUT2D eigenvalue weighted by molar-refractivity contribution is 1.29. The molecule has 0 saturated heterocycles. The quantitative estimate of drug-likeness (QED) is 0.159. The SMILES string of the molecule is [C-]#[N+]C([N+]#[C-])=C1c2ncccc2-c2c1c1c(c3c2/C(=C(/C#N)[N+]#[C-])c2ncccc2-3)/C(=C(\C#N)[N+]#[C-])c2ncccc2-1. The van der Waals surface area contributed by atoms with E-state index in [0.29, 0.717) is 83.9 Å². The Kier molecular flexibility index (Phi) is 4.94. The van der Waals surface area contributed by atoms with Crippen LogP contribution in [0.15, 0.2) is 72.2 Å². The van der Waals surface area contributed by atoms with E-state index in [4.69, 9.17) is 26.3 Å². The third-order valence-electron chi connectivity index (χ3n) is 7.54. The predicted octanol–water partition coefficient (Wildman–Crippen LogP) is 6.77. The Morgan fingerprint density at radius 2 is 0.881 bits per heavy atom. The Bertz CT molecular complexity index is 2030. The molecule has 9 heteroatoms. The predicted molar refractivity (Wildman–Crippen MR) is 152 cm³/mol. The van der Waals surface area contributed by atoms with Crippen molar-refractivity contribution in [2.75, 3.05) is 0 Å². The molecule has 3 aliphatic carbocycles. The van der Waals surface area contributed by atoms with Crippen LogP contribution in [0.25, 0.3) is 69.5 Å². The maximum atomic E-state index is 10.1. The smallest absolute Gasteiger partial charge is 0.257 e.